The number of carbonyl (C=O) groups excluding carboxylic acids is 1. The van der Waals surface area contributed by atoms with Gasteiger partial charge in [-0.05, 0) is 25.0 Å². The van der Waals surface area contributed by atoms with Gasteiger partial charge >= 0.3 is 5.97 Å². The summed E-state index contributed by atoms with van der Waals surface area (Å²) in [4.78, 5) is 25.9. The smallest absolute Gasteiger partial charge is 0.354 e. The molecule has 0 saturated carbocycles. The second-order valence-electron chi connectivity index (χ2n) is 3.65. The largest absolute Gasteiger partial charge is 0.477 e. The number of carbonyl (C=O) groups is 2. The molecule has 1 heterocycles. The number of aromatic nitrogens is 1. The Morgan fingerprint density at radius 2 is 2.17 bits per heavy atom. The van der Waals surface area contributed by atoms with E-state index in [0.29, 0.717) is 18.5 Å². The fraction of sp³-hybridized carbons (Fsp3) is 0.308. The van der Waals surface area contributed by atoms with Gasteiger partial charge in [-0.3, -0.25) is 4.79 Å². The molecule has 0 atom stereocenters. The van der Waals surface area contributed by atoms with Crippen molar-refractivity contribution in [1.29, 1.82) is 0 Å². The predicted molar refractivity (Wildman–Crippen MR) is 66.2 cm³/mol. The first kappa shape index (κ1) is 13.7. The minimum Gasteiger partial charge on any atom is -0.477 e. The molecule has 0 radical (unpaired) electrons. The van der Waals surface area contributed by atoms with Crippen molar-refractivity contribution in [3.63, 3.8) is 0 Å². The SMILES string of the molecule is C#CCCCCNC(=O)c1ccc(C(=O)O)nc1. The summed E-state index contributed by atoms with van der Waals surface area (Å²) in [5, 5.41) is 11.4. The number of carboxylic acid groups (broad SMARTS) is 1. The number of unbranched alkanes of at least 4 members (excludes halogenated alkanes) is 2. The average Bonchev–Trinajstić information content (AvgIpc) is 2.38. The monoisotopic (exact) mass is 246 g/mol. The number of rotatable bonds is 6. The maximum Gasteiger partial charge on any atom is 0.354 e. The summed E-state index contributed by atoms with van der Waals surface area (Å²) in [6, 6.07) is 2.74. The van der Waals surface area contributed by atoms with E-state index in [1.807, 2.05) is 0 Å². The molecular weight excluding hydrogens is 232 g/mol. The van der Waals surface area contributed by atoms with Crippen LogP contribution in [0.5, 0.6) is 0 Å². The molecule has 0 aliphatic carbocycles. The number of carboxylic acids is 1. The number of aromatic carboxylic acids is 1. The molecule has 18 heavy (non-hydrogen) atoms. The van der Waals surface area contributed by atoms with E-state index in [9.17, 15) is 9.59 Å². The average molecular weight is 246 g/mol. The van der Waals surface area contributed by atoms with Crippen molar-refractivity contribution in [2.24, 2.45) is 0 Å². The Balaban J connectivity index is 2.42. The van der Waals surface area contributed by atoms with Crippen LogP contribution in [0.3, 0.4) is 0 Å². The summed E-state index contributed by atoms with van der Waals surface area (Å²) in [5.74, 6) is 1.15. The normalized spacial score (nSPS) is 9.50. The van der Waals surface area contributed by atoms with Gasteiger partial charge in [0.2, 0.25) is 0 Å². The van der Waals surface area contributed by atoms with Crippen molar-refractivity contribution in [2.75, 3.05) is 6.54 Å². The van der Waals surface area contributed by atoms with Gasteiger partial charge in [0.25, 0.3) is 5.91 Å². The highest BCUT2D eigenvalue weighted by Crippen LogP contribution is 2.01. The number of nitrogens with one attached hydrogen (secondary N) is 1. The molecule has 0 fully saturated rings. The van der Waals surface area contributed by atoms with Crippen molar-refractivity contribution >= 4 is 11.9 Å². The van der Waals surface area contributed by atoms with Crippen LogP contribution in [0.15, 0.2) is 18.3 Å². The first-order chi connectivity index (χ1) is 8.65. The second-order valence-corrected chi connectivity index (χ2v) is 3.65. The van der Waals surface area contributed by atoms with Crippen LogP contribution >= 0.6 is 0 Å². The lowest BCUT2D eigenvalue weighted by molar-refractivity contribution is 0.0689. The summed E-state index contributed by atoms with van der Waals surface area (Å²) < 4.78 is 0. The number of pyridine rings is 1. The molecule has 0 aliphatic rings. The second kappa shape index (κ2) is 7.07. The summed E-state index contributed by atoms with van der Waals surface area (Å²) in [6.45, 7) is 0.543. The van der Waals surface area contributed by atoms with Crippen molar-refractivity contribution < 1.29 is 14.7 Å². The van der Waals surface area contributed by atoms with E-state index < -0.39 is 5.97 Å². The highest BCUT2D eigenvalue weighted by Gasteiger charge is 2.08. The Morgan fingerprint density at radius 1 is 1.39 bits per heavy atom. The Bertz CT molecular complexity index is 460. The van der Waals surface area contributed by atoms with Gasteiger partial charge < -0.3 is 10.4 Å². The third kappa shape index (κ3) is 4.26. The van der Waals surface area contributed by atoms with Gasteiger partial charge in [0.05, 0.1) is 5.56 Å². The number of nitrogens with zero attached hydrogens (tertiary/aromatic N) is 1. The predicted octanol–water partition coefficient (Wildman–Crippen LogP) is 1.31. The molecular formula is C13H14N2O3. The van der Waals surface area contributed by atoms with Crippen LogP contribution in [0.1, 0.15) is 40.1 Å². The molecule has 1 amide bonds. The Kier molecular flexibility index (Phi) is 5.39. The standard InChI is InChI=1S/C13H14N2O3/c1-2-3-4-5-8-14-12(16)10-6-7-11(13(17)18)15-9-10/h1,6-7,9H,3-5,8H2,(H,14,16)(H,17,18). The van der Waals surface area contributed by atoms with Gasteiger partial charge in [-0.15, -0.1) is 12.3 Å². The van der Waals surface area contributed by atoms with E-state index >= 15 is 0 Å². The lowest BCUT2D eigenvalue weighted by Crippen LogP contribution is -2.24. The van der Waals surface area contributed by atoms with Gasteiger partial charge in [0, 0.05) is 19.2 Å². The number of terminal acetylenes is 1. The van der Waals surface area contributed by atoms with Gasteiger partial charge in [-0.25, -0.2) is 9.78 Å². The topological polar surface area (TPSA) is 79.3 Å². The zero-order valence-corrected chi connectivity index (χ0v) is 9.85. The molecule has 0 unspecified atom stereocenters. The van der Waals surface area contributed by atoms with Gasteiger partial charge in [0.15, 0.2) is 0 Å². The highest BCUT2D eigenvalue weighted by atomic mass is 16.4. The minimum absolute atomic E-state index is 0.0828. The first-order valence-corrected chi connectivity index (χ1v) is 5.56. The Labute approximate surface area is 105 Å². The molecule has 1 rings (SSSR count). The van der Waals surface area contributed by atoms with Crippen LogP contribution < -0.4 is 5.32 Å². The van der Waals surface area contributed by atoms with Crippen molar-refractivity contribution in [3.8, 4) is 12.3 Å². The fourth-order valence-electron chi connectivity index (χ4n) is 1.31. The fourth-order valence-corrected chi connectivity index (χ4v) is 1.31. The van der Waals surface area contributed by atoms with Gasteiger partial charge in [-0.1, -0.05) is 0 Å². The Morgan fingerprint density at radius 3 is 2.72 bits per heavy atom. The van der Waals surface area contributed by atoms with Crippen molar-refractivity contribution in [2.45, 2.75) is 19.3 Å². The van der Waals surface area contributed by atoms with E-state index in [1.165, 1.54) is 18.3 Å². The van der Waals surface area contributed by atoms with Crippen molar-refractivity contribution in [1.82, 2.24) is 10.3 Å². The number of hydrogen-bond acceptors (Lipinski definition) is 3. The highest BCUT2D eigenvalue weighted by molar-refractivity contribution is 5.94. The van der Waals surface area contributed by atoms with E-state index in [-0.39, 0.29) is 11.6 Å². The van der Waals surface area contributed by atoms with E-state index in [0.717, 1.165) is 12.8 Å². The zero-order valence-electron chi connectivity index (χ0n) is 9.85. The molecule has 0 bridgehead atoms. The molecule has 94 valence electrons. The molecule has 0 aromatic carbocycles. The molecule has 0 aliphatic heterocycles. The number of amides is 1. The maximum absolute atomic E-state index is 11.6. The van der Waals surface area contributed by atoms with Gasteiger partial charge in [-0.2, -0.15) is 0 Å². The minimum atomic E-state index is -1.11. The molecule has 5 nitrogen and oxygen atoms in total. The van der Waals surface area contributed by atoms with Crippen LogP contribution in [-0.2, 0) is 0 Å². The molecule has 1 aromatic rings. The number of hydrogen-bond donors (Lipinski definition) is 2. The third-order valence-corrected chi connectivity index (χ3v) is 2.28. The summed E-state index contributed by atoms with van der Waals surface area (Å²) in [5.41, 5.74) is 0.262. The summed E-state index contributed by atoms with van der Waals surface area (Å²) >= 11 is 0. The zero-order chi connectivity index (χ0) is 13.4. The van der Waals surface area contributed by atoms with Crippen LogP contribution in [0, 0.1) is 12.3 Å². The molecule has 2 N–H and O–H groups in total. The first-order valence-electron chi connectivity index (χ1n) is 5.56. The Hall–Kier alpha value is -2.35. The summed E-state index contributed by atoms with van der Waals surface area (Å²) in [7, 11) is 0. The lowest BCUT2D eigenvalue weighted by Gasteiger charge is -2.04. The van der Waals surface area contributed by atoms with Crippen LogP contribution in [0.25, 0.3) is 0 Å². The quantitative estimate of drug-likeness (QED) is 0.586. The van der Waals surface area contributed by atoms with Crippen LogP contribution in [0.4, 0.5) is 0 Å². The van der Waals surface area contributed by atoms with Crippen LogP contribution in [0.2, 0.25) is 0 Å². The lowest BCUT2D eigenvalue weighted by atomic mass is 10.2. The molecule has 0 saturated heterocycles. The van der Waals surface area contributed by atoms with E-state index in [1.54, 1.807) is 0 Å². The molecule has 1 aromatic heterocycles. The molecule has 5 heteroatoms. The molecule has 0 spiro atoms. The third-order valence-electron chi connectivity index (χ3n) is 2.28. The summed E-state index contributed by atoms with van der Waals surface area (Å²) in [6.07, 6.45) is 8.74. The van der Waals surface area contributed by atoms with Gasteiger partial charge in [0.1, 0.15) is 5.69 Å². The van der Waals surface area contributed by atoms with E-state index in [4.69, 9.17) is 11.5 Å². The van der Waals surface area contributed by atoms with E-state index in [2.05, 4.69) is 16.2 Å². The van der Waals surface area contributed by atoms with Crippen molar-refractivity contribution in [3.05, 3.63) is 29.6 Å². The van der Waals surface area contributed by atoms with Crippen LogP contribution in [-0.4, -0.2) is 28.5 Å². The maximum atomic E-state index is 11.6.